The maximum atomic E-state index is 8.37. The van der Waals surface area contributed by atoms with Gasteiger partial charge in [-0.3, -0.25) is 0 Å². The molecule has 0 spiro atoms. The van der Waals surface area contributed by atoms with E-state index >= 15 is 0 Å². The number of aryl methyl sites for hydroxylation is 1. The zero-order chi connectivity index (χ0) is 12.0. The van der Waals surface area contributed by atoms with Gasteiger partial charge < -0.3 is 16.3 Å². The van der Waals surface area contributed by atoms with Crippen molar-refractivity contribution in [3.63, 3.8) is 0 Å². The maximum Gasteiger partial charge on any atom is 0.139 e. The molecule has 0 aliphatic carbocycles. The van der Waals surface area contributed by atoms with Crippen LogP contribution in [0.4, 0.5) is 5.69 Å². The Morgan fingerprint density at radius 2 is 2.19 bits per heavy atom. The average molecular weight is 221 g/mol. The molecule has 4 nitrogen and oxygen atoms in total. The van der Waals surface area contributed by atoms with Crippen LogP contribution in [0.1, 0.15) is 24.0 Å². The van der Waals surface area contributed by atoms with Gasteiger partial charge in [-0.25, -0.2) is 0 Å². The van der Waals surface area contributed by atoms with E-state index in [-0.39, 0.29) is 5.84 Å². The van der Waals surface area contributed by atoms with Crippen LogP contribution >= 0.6 is 0 Å². The lowest BCUT2D eigenvalue weighted by molar-refractivity contribution is 0.316. The zero-order valence-corrected chi connectivity index (χ0v) is 9.83. The number of benzene rings is 1. The van der Waals surface area contributed by atoms with E-state index in [2.05, 4.69) is 36.5 Å². The molecule has 0 amide bonds. The summed E-state index contributed by atoms with van der Waals surface area (Å²) in [5.74, 6) is 0.280. The van der Waals surface area contributed by atoms with Gasteiger partial charge in [-0.1, -0.05) is 17.3 Å². The molecule has 0 bridgehead atoms. The Morgan fingerprint density at radius 1 is 1.44 bits per heavy atom. The van der Waals surface area contributed by atoms with Crippen molar-refractivity contribution in [3.05, 3.63) is 29.3 Å². The monoisotopic (exact) mass is 221 g/mol. The Hall–Kier alpha value is -1.71. The Kier molecular flexibility index (Phi) is 4.64. The van der Waals surface area contributed by atoms with Gasteiger partial charge in [-0.15, -0.1) is 0 Å². The number of nitrogens with zero attached hydrogens (tertiary/aromatic N) is 1. The topological polar surface area (TPSA) is 70.6 Å². The number of anilines is 1. The van der Waals surface area contributed by atoms with Crippen LogP contribution < -0.4 is 11.1 Å². The van der Waals surface area contributed by atoms with Gasteiger partial charge in [-0.05, 0) is 37.5 Å². The summed E-state index contributed by atoms with van der Waals surface area (Å²) in [6, 6.07) is 6.19. The minimum Gasteiger partial charge on any atom is -0.409 e. The SMILES string of the molecule is Cc1cccc(NCCCC(N)=NO)c1C. The fourth-order valence-electron chi connectivity index (χ4n) is 1.49. The van der Waals surface area contributed by atoms with Crippen molar-refractivity contribution >= 4 is 11.5 Å². The third-order valence-electron chi connectivity index (χ3n) is 2.66. The molecule has 0 fully saturated rings. The van der Waals surface area contributed by atoms with Crippen LogP contribution in [-0.4, -0.2) is 17.6 Å². The van der Waals surface area contributed by atoms with Crippen LogP contribution in [-0.2, 0) is 0 Å². The van der Waals surface area contributed by atoms with Crippen molar-refractivity contribution in [2.45, 2.75) is 26.7 Å². The molecule has 16 heavy (non-hydrogen) atoms. The Bertz CT molecular complexity index is 375. The lowest BCUT2D eigenvalue weighted by Crippen LogP contribution is -2.13. The van der Waals surface area contributed by atoms with E-state index in [9.17, 15) is 0 Å². The molecule has 0 saturated carbocycles. The predicted molar refractivity (Wildman–Crippen MR) is 67.0 cm³/mol. The van der Waals surface area contributed by atoms with E-state index < -0.39 is 0 Å². The molecule has 1 aromatic carbocycles. The van der Waals surface area contributed by atoms with E-state index in [4.69, 9.17) is 10.9 Å². The number of nitrogens with two attached hydrogens (primary N) is 1. The summed E-state index contributed by atoms with van der Waals surface area (Å²) in [5.41, 5.74) is 9.08. The minimum absolute atomic E-state index is 0.280. The molecule has 0 radical (unpaired) electrons. The molecule has 0 aromatic heterocycles. The van der Waals surface area contributed by atoms with Crippen LogP contribution in [0.2, 0.25) is 0 Å². The van der Waals surface area contributed by atoms with Gasteiger partial charge in [0.1, 0.15) is 5.84 Å². The number of hydrogen-bond donors (Lipinski definition) is 3. The average Bonchev–Trinajstić information content (AvgIpc) is 2.29. The first-order valence-corrected chi connectivity index (χ1v) is 5.41. The highest BCUT2D eigenvalue weighted by atomic mass is 16.4. The molecule has 4 heteroatoms. The van der Waals surface area contributed by atoms with Crippen molar-refractivity contribution in [1.29, 1.82) is 0 Å². The highest BCUT2D eigenvalue weighted by Crippen LogP contribution is 2.17. The highest BCUT2D eigenvalue weighted by Gasteiger charge is 1.99. The predicted octanol–water partition coefficient (Wildman–Crippen LogP) is 2.24. The van der Waals surface area contributed by atoms with E-state index in [1.165, 1.54) is 11.1 Å². The lowest BCUT2D eigenvalue weighted by atomic mass is 10.1. The third-order valence-corrected chi connectivity index (χ3v) is 2.66. The van der Waals surface area contributed by atoms with Gasteiger partial charge in [0.25, 0.3) is 0 Å². The molecule has 1 rings (SSSR count). The van der Waals surface area contributed by atoms with Gasteiger partial charge in [-0.2, -0.15) is 0 Å². The van der Waals surface area contributed by atoms with Crippen molar-refractivity contribution in [2.75, 3.05) is 11.9 Å². The van der Waals surface area contributed by atoms with Gasteiger partial charge in [0, 0.05) is 18.7 Å². The van der Waals surface area contributed by atoms with Crippen LogP contribution in [0.25, 0.3) is 0 Å². The fraction of sp³-hybridized carbons (Fsp3) is 0.417. The van der Waals surface area contributed by atoms with Crippen LogP contribution in [0.5, 0.6) is 0 Å². The number of oxime groups is 1. The summed E-state index contributed by atoms with van der Waals surface area (Å²) in [4.78, 5) is 0. The lowest BCUT2D eigenvalue weighted by Gasteiger charge is -2.10. The highest BCUT2D eigenvalue weighted by molar-refractivity contribution is 5.79. The molecular weight excluding hydrogens is 202 g/mol. The summed E-state index contributed by atoms with van der Waals surface area (Å²) in [5, 5.41) is 14.6. The summed E-state index contributed by atoms with van der Waals surface area (Å²) < 4.78 is 0. The molecule has 1 aromatic rings. The molecule has 0 saturated heterocycles. The van der Waals surface area contributed by atoms with Crippen LogP contribution in [0.15, 0.2) is 23.4 Å². The molecule has 0 aliphatic rings. The number of amidine groups is 1. The smallest absolute Gasteiger partial charge is 0.139 e. The summed E-state index contributed by atoms with van der Waals surface area (Å²) in [7, 11) is 0. The number of nitrogens with one attached hydrogen (secondary N) is 1. The maximum absolute atomic E-state index is 8.37. The summed E-state index contributed by atoms with van der Waals surface area (Å²) in [6.07, 6.45) is 1.46. The first-order chi connectivity index (χ1) is 7.65. The standard InChI is InChI=1S/C12H19N3O/c1-9-5-3-6-11(10(9)2)14-8-4-7-12(13)15-16/h3,5-6,14,16H,4,7-8H2,1-2H3,(H2,13,15). The number of rotatable bonds is 5. The molecule has 0 aliphatic heterocycles. The second-order valence-corrected chi connectivity index (χ2v) is 3.87. The second kappa shape index (κ2) is 6.00. The Labute approximate surface area is 96.2 Å². The molecule has 0 unspecified atom stereocenters. The normalized spacial score (nSPS) is 11.5. The largest absolute Gasteiger partial charge is 0.409 e. The van der Waals surface area contributed by atoms with E-state index in [0.717, 1.165) is 18.7 Å². The molecule has 0 heterocycles. The Morgan fingerprint density at radius 3 is 2.88 bits per heavy atom. The van der Waals surface area contributed by atoms with Gasteiger partial charge in [0.05, 0.1) is 0 Å². The van der Waals surface area contributed by atoms with Crippen molar-refractivity contribution in [3.8, 4) is 0 Å². The molecular formula is C12H19N3O. The summed E-state index contributed by atoms with van der Waals surface area (Å²) >= 11 is 0. The quantitative estimate of drug-likeness (QED) is 0.235. The molecule has 0 atom stereocenters. The molecule has 88 valence electrons. The minimum atomic E-state index is 0.280. The Balaban J connectivity index is 2.41. The zero-order valence-electron chi connectivity index (χ0n) is 9.83. The van der Waals surface area contributed by atoms with Crippen molar-refractivity contribution in [2.24, 2.45) is 10.9 Å². The fourth-order valence-corrected chi connectivity index (χ4v) is 1.49. The van der Waals surface area contributed by atoms with Gasteiger partial charge in [0.2, 0.25) is 0 Å². The van der Waals surface area contributed by atoms with E-state index in [1.807, 2.05) is 6.07 Å². The number of hydrogen-bond acceptors (Lipinski definition) is 3. The molecule has 4 N–H and O–H groups in total. The van der Waals surface area contributed by atoms with E-state index in [0.29, 0.717) is 6.42 Å². The first-order valence-electron chi connectivity index (χ1n) is 5.41. The third kappa shape index (κ3) is 3.46. The van der Waals surface area contributed by atoms with Crippen molar-refractivity contribution < 1.29 is 5.21 Å². The van der Waals surface area contributed by atoms with Crippen molar-refractivity contribution in [1.82, 2.24) is 0 Å². The first kappa shape index (κ1) is 12.4. The van der Waals surface area contributed by atoms with E-state index in [1.54, 1.807) is 0 Å². The summed E-state index contributed by atoms with van der Waals surface area (Å²) in [6.45, 7) is 5.01. The van der Waals surface area contributed by atoms with Crippen LogP contribution in [0, 0.1) is 13.8 Å². The second-order valence-electron chi connectivity index (χ2n) is 3.87. The van der Waals surface area contributed by atoms with Crippen LogP contribution in [0.3, 0.4) is 0 Å². The van der Waals surface area contributed by atoms with Gasteiger partial charge >= 0.3 is 0 Å². The van der Waals surface area contributed by atoms with Gasteiger partial charge in [0.15, 0.2) is 0 Å².